The van der Waals surface area contributed by atoms with E-state index in [9.17, 15) is 4.79 Å². The van der Waals surface area contributed by atoms with E-state index in [-0.39, 0.29) is 5.91 Å². The Morgan fingerprint density at radius 1 is 1.57 bits per heavy atom. The van der Waals surface area contributed by atoms with Gasteiger partial charge in [-0.1, -0.05) is 25.2 Å². The molecule has 1 atom stereocenters. The van der Waals surface area contributed by atoms with Crippen molar-refractivity contribution in [3.8, 4) is 0 Å². The highest BCUT2D eigenvalue weighted by molar-refractivity contribution is 7.15. The lowest BCUT2D eigenvalue weighted by atomic mass is 10.2. The standard InChI is InChI=1S/C8H14N4OS/c1-3-5(9)7(13)10-8-12-11-6(4-2)14-8/h5H,3-4,9H2,1-2H3,(H,10,12,13)/t5-/m1/s1. The molecule has 0 saturated heterocycles. The minimum Gasteiger partial charge on any atom is -0.320 e. The van der Waals surface area contributed by atoms with Crippen LogP contribution in [0.1, 0.15) is 25.3 Å². The molecule has 0 bridgehead atoms. The van der Waals surface area contributed by atoms with Gasteiger partial charge in [0, 0.05) is 0 Å². The van der Waals surface area contributed by atoms with Gasteiger partial charge in [-0.25, -0.2) is 0 Å². The van der Waals surface area contributed by atoms with Crippen molar-refractivity contribution in [1.82, 2.24) is 10.2 Å². The van der Waals surface area contributed by atoms with Gasteiger partial charge < -0.3 is 5.73 Å². The number of nitrogens with one attached hydrogen (secondary N) is 1. The predicted molar refractivity (Wildman–Crippen MR) is 56.2 cm³/mol. The predicted octanol–water partition coefficient (Wildman–Crippen LogP) is 0.776. The van der Waals surface area contributed by atoms with Crippen LogP contribution in [0.2, 0.25) is 0 Å². The normalized spacial score (nSPS) is 12.5. The molecule has 6 heteroatoms. The first-order valence-electron chi connectivity index (χ1n) is 4.56. The summed E-state index contributed by atoms with van der Waals surface area (Å²) in [4.78, 5) is 11.3. The second-order valence-electron chi connectivity index (χ2n) is 2.86. The molecule has 14 heavy (non-hydrogen) atoms. The summed E-state index contributed by atoms with van der Waals surface area (Å²) in [6, 6.07) is -0.469. The Balaban J connectivity index is 2.56. The molecule has 0 spiro atoms. The highest BCUT2D eigenvalue weighted by Crippen LogP contribution is 2.15. The molecule has 1 rings (SSSR count). The first kappa shape index (κ1) is 11.1. The number of aromatic nitrogens is 2. The van der Waals surface area contributed by atoms with Crippen molar-refractivity contribution in [2.24, 2.45) is 5.73 Å². The van der Waals surface area contributed by atoms with Crippen LogP contribution in [0.25, 0.3) is 0 Å². The molecule has 3 N–H and O–H groups in total. The molecular formula is C8H14N4OS. The van der Waals surface area contributed by atoms with Crippen molar-refractivity contribution in [1.29, 1.82) is 0 Å². The number of aryl methyl sites for hydroxylation is 1. The molecule has 0 radical (unpaired) electrons. The fourth-order valence-electron chi connectivity index (χ4n) is 0.830. The van der Waals surface area contributed by atoms with Crippen molar-refractivity contribution in [3.63, 3.8) is 0 Å². The number of nitrogens with zero attached hydrogens (tertiary/aromatic N) is 2. The van der Waals surface area contributed by atoms with Crippen molar-refractivity contribution in [3.05, 3.63) is 5.01 Å². The highest BCUT2D eigenvalue weighted by Gasteiger charge is 2.13. The van der Waals surface area contributed by atoms with E-state index >= 15 is 0 Å². The fraction of sp³-hybridized carbons (Fsp3) is 0.625. The third-order valence-electron chi connectivity index (χ3n) is 1.78. The van der Waals surface area contributed by atoms with Gasteiger partial charge >= 0.3 is 0 Å². The van der Waals surface area contributed by atoms with Crippen LogP contribution in [0.3, 0.4) is 0 Å². The zero-order chi connectivity index (χ0) is 10.6. The van der Waals surface area contributed by atoms with Gasteiger partial charge in [-0.3, -0.25) is 10.1 Å². The van der Waals surface area contributed by atoms with Gasteiger partial charge in [0.15, 0.2) is 0 Å². The molecule has 0 aliphatic heterocycles. The number of amides is 1. The Labute approximate surface area is 86.7 Å². The minimum absolute atomic E-state index is 0.202. The number of carbonyl (C=O) groups excluding carboxylic acids is 1. The molecule has 0 aliphatic rings. The van der Waals surface area contributed by atoms with Crippen LogP contribution >= 0.6 is 11.3 Å². The number of nitrogens with two attached hydrogens (primary N) is 1. The van der Waals surface area contributed by atoms with Crippen molar-refractivity contribution < 1.29 is 4.79 Å². The average Bonchev–Trinajstić information content (AvgIpc) is 2.64. The van der Waals surface area contributed by atoms with Crippen molar-refractivity contribution in [2.75, 3.05) is 5.32 Å². The molecule has 0 unspecified atom stereocenters. The van der Waals surface area contributed by atoms with Crippen molar-refractivity contribution in [2.45, 2.75) is 32.7 Å². The number of carbonyl (C=O) groups is 1. The topological polar surface area (TPSA) is 80.9 Å². The zero-order valence-corrected chi connectivity index (χ0v) is 9.10. The summed E-state index contributed by atoms with van der Waals surface area (Å²) in [6.45, 7) is 3.85. The van der Waals surface area contributed by atoms with Gasteiger partial charge in [-0.05, 0) is 12.8 Å². The Bertz CT molecular complexity index is 312. The van der Waals surface area contributed by atoms with E-state index in [0.29, 0.717) is 11.6 Å². The van der Waals surface area contributed by atoms with Gasteiger partial charge in [0.25, 0.3) is 0 Å². The second-order valence-corrected chi connectivity index (χ2v) is 3.92. The molecule has 1 aromatic rings. The van der Waals surface area contributed by atoms with E-state index in [1.807, 2.05) is 13.8 Å². The summed E-state index contributed by atoms with van der Waals surface area (Å²) < 4.78 is 0. The lowest BCUT2D eigenvalue weighted by molar-refractivity contribution is -0.117. The lowest BCUT2D eigenvalue weighted by Crippen LogP contribution is -2.34. The molecule has 0 aliphatic carbocycles. The van der Waals surface area contributed by atoms with Gasteiger partial charge in [-0.2, -0.15) is 0 Å². The maximum Gasteiger partial charge on any atom is 0.243 e. The Morgan fingerprint density at radius 2 is 2.29 bits per heavy atom. The van der Waals surface area contributed by atoms with E-state index in [0.717, 1.165) is 11.4 Å². The summed E-state index contributed by atoms with van der Waals surface area (Å²) in [5.41, 5.74) is 5.55. The highest BCUT2D eigenvalue weighted by atomic mass is 32.1. The van der Waals surface area contributed by atoms with Gasteiger partial charge in [-0.15, -0.1) is 10.2 Å². The van der Waals surface area contributed by atoms with Crippen LogP contribution in [-0.2, 0) is 11.2 Å². The smallest absolute Gasteiger partial charge is 0.243 e. The fourth-order valence-corrected chi connectivity index (χ4v) is 1.51. The summed E-state index contributed by atoms with van der Waals surface area (Å²) in [5.74, 6) is -0.202. The summed E-state index contributed by atoms with van der Waals surface area (Å²) in [5, 5.41) is 11.8. The van der Waals surface area contributed by atoms with E-state index in [4.69, 9.17) is 5.73 Å². The van der Waals surface area contributed by atoms with Crippen LogP contribution in [0, 0.1) is 0 Å². The molecule has 0 fully saturated rings. The van der Waals surface area contributed by atoms with E-state index < -0.39 is 6.04 Å². The summed E-state index contributed by atoms with van der Waals surface area (Å²) in [7, 11) is 0. The third-order valence-corrected chi connectivity index (χ3v) is 2.76. The van der Waals surface area contributed by atoms with Crippen LogP contribution in [0.5, 0.6) is 0 Å². The van der Waals surface area contributed by atoms with Gasteiger partial charge in [0.2, 0.25) is 11.0 Å². The molecule has 1 heterocycles. The molecule has 1 amide bonds. The number of anilines is 1. The summed E-state index contributed by atoms with van der Waals surface area (Å²) >= 11 is 1.38. The van der Waals surface area contributed by atoms with Crippen LogP contribution in [0.4, 0.5) is 5.13 Å². The van der Waals surface area contributed by atoms with E-state index in [2.05, 4.69) is 15.5 Å². The molecule has 0 saturated carbocycles. The molecule has 78 valence electrons. The number of rotatable bonds is 4. The number of hydrogen-bond donors (Lipinski definition) is 2. The molecular weight excluding hydrogens is 200 g/mol. The summed E-state index contributed by atoms with van der Waals surface area (Å²) in [6.07, 6.45) is 1.44. The monoisotopic (exact) mass is 214 g/mol. The minimum atomic E-state index is -0.469. The Morgan fingerprint density at radius 3 is 2.79 bits per heavy atom. The molecule has 5 nitrogen and oxygen atoms in total. The van der Waals surface area contributed by atoms with Crippen LogP contribution < -0.4 is 11.1 Å². The van der Waals surface area contributed by atoms with Crippen LogP contribution in [0.15, 0.2) is 0 Å². The maximum atomic E-state index is 11.3. The first-order chi connectivity index (χ1) is 6.67. The Hall–Kier alpha value is -1.01. The van der Waals surface area contributed by atoms with E-state index in [1.165, 1.54) is 11.3 Å². The molecule has 1 aromatic heterocycles. The second kappa shape index (κ2) is 5.02. The average molecular weight is 214 g/mol. The Kier molecular flexibility index (Phi) is 3.97. The largest absolute Gasteiger partial charge is 0.320 e. The zero-order valence-electron chi connectivity index (χ0n) is 8.28. The molecule has 0 aromatic carbocycles. The SMILES string of the molecule is CCc1nnc(NC(=O)[C@H](N)CC)s1. The maximum absolute atomic E-state index is 11.3. The first-order valence-corrected chi connectivity index (χ1v) is 5.37. The van der Waals surface area contributed by atoms with Crippen LogP contribution in [-0.4, -0.2) is 22.1 Å². The third kappa shape index (κ3) is 2.74. The lowest BCUT2D eigenvalue weighted by Gasteiger charge is -2.06. The quantitative estimate of drug-likeness (QED) is 0.776. The van der Waals surface area contributed by atoms with E-state index in [1.54, 1.807) is 0 Å². The number of hydrogen-bond acceptors (Lipinski definition) is 5. The van der Waals surface area contributed by atoms with Crippen molar-refractivity contribution >= 4 is 22.4 Å². The van der Waals surface area contributed by atoms with Gasteiger partial charge in [0.1, 0.15) is 5.01 Å². The van der Waals surface area contributed by atoms with Gasteiger partial charge in [0.05, 0.1) is 6.04 Å².